The third-order valence-corrected chi connectivity index (χ3v) is 4.31. The third-order valence-electron chi connectivity index (χ3n) is 2.77. The molecule has 2 rings (SSSR count). The maximum Gasteiger partial charge on any atom is 0.137 e. The van der Waals surface area contributed by atoms with Crippen LogP contribution in [-0.4, -0.2) is 6.54 Å². The SMILES string of the molecule is CCCNC(c1ccsc1)c1cccc(F)c1Br. The van der Waals surface area contributed by atoms with E-state index in [0.29, 0.717) is 4.47 Å². The van der Waals surface area contributed by atoms with E-state index in [-0.39, 0.29) is 11.9 Å². The van der Waals surface area contributed by atoms with Gasteiger partial charge >= 0.3 is 0 Å². The first-order valence-corrected chi connectivity index (χ1v) is 7.67. The fraction of sp³-hybridized carbons (Fsp3) is 0.286. The highest BCUT2D eigenvalue weighted by atomic mass is 79.9. The summed E-state index contributed by atoms with van der Waals surface area (Å²) in [5, 5.41) is 7.61. The van der Waals surface area contributed by atoms with Gasteiger partial charge in [-0.25, -0.2) is 4.39 Å². The zero-order valence-electron chi connectivity index (χ0n) is 10.1. The summed E-state index contributed by atoms with van der Waals surface area (Å²) in [6.45, 7) is 3.03. The van der Waals surface area contributed by atoms with Gasteiger partial charge in [0.2, 0.25) is 0 Å². The van der Waals surface area contributed by atoms with Crippen LogP contribution >= 0.6 is 27.3 Å². The maximum atomic E-state index is 13.6. The minimum absolute atomic E-state index is 0.0428. The van der Waals surface area contributed by atoms with E-state index in [4.69, 9.17) is 0 Å². The highest BCUT2D eigenvalue weighted by Gasteiger charge is 2.18. The van der Waals surface area contributed by atoms with Crippen LogP contribution in [0.25, 0.3) is 0 Å². The lowest BCUT2D eigenvalue weighted by molar-refractivity contribution is 0.581. The van der Waals surface area contributed by atoms with Gasteiger partial charge in [0.05, 0.1) is 10.5 Å². The Bertz CT molecular complexity index is 499. The lowest BCUT2D eigenvalue weighted by Crippen LogP contribution is -2.23. The molecule has 4 heteroatoms. The smallest absolute Gasteiger partial charge is 0.137 e. The molecule has 1 unspecified atom stereocenters. The van der Waals surface area contributed by atoms with E-state index in [9.17, 15) is 4.39 Å². The van der Waals surface area contributed by atoms with Crippen molar-refractivity contribution in [3.8, 4) is 0 Å². The average molecular weight is 328 g/mol. The lowest BCUT2D eigenvalue weighted by atomic mass is 10.0. The molecule has 1 N–H and O–H groups in total. The summed E-state index contributed by atoms with van der Waals surface area (Å²) in [6.07, 6.45) is 1.05. The minimum Gasteiger partial charge on any atom is -0.306 e. The maximum absolute atomic E-state index is 13.6. The summed E-state index contributed by atoms with van der Waals surface area (Å²) in [7, 11) is 0. The van der Waals surface area contributed by atoms with Gasteiger partial charge < -0.3 is 5.32 Å². The molecule has 0 bridgehead atoms. The Balaban J connectivity index is 2.37. The Morgan fingerprint density at radius 1 is 1.39 bits per heavy atom. The highest BCUT2D eigenvalue weighted by Crippen LogP contribution is 2.31. The number of rotatable bonds is 5. The molecule has 1 nitrogen and oxygen atoms in total. The summed E-state index contributed by atoms with van der Waals surface area (Å²) in [5.74, 6) is -0.217. The Hall–Kier alpha value is -0.710. The van der Waals surface area contributed by atoms with Crippen molar-refractivity contribution in [3.05, 3.63) is 56.4 Å². The van der Waals surface area contributed by atoms with Crippen molar-refractivity contribution in [3.63, 3.8) is 0 Å². The monoisotopic (exact) mass is 327 g/mol. The molecule has 96 valence electrons. The second-order valence-corrected chi connectivity index (χ2v) is 5.66. The highest BCUT2D eigenvalue weighted by molar-refractivity contribution is 9.10. The quantitative estimate of drug-likeness (QED) is 0.836. The fourth-order valence-electron chi connectivity index (χ4n) is 1.88. The first kappa shape index (κ1) is 13.7. The van der Waals surface area contributed by atoms with Gasteiger partial charge in [-0.05, 0) is 62.9 Å². The molecular formula is C14H15BrFNS. The Morgan fingerprint density at radius 3 is 2.89 bits per heavy atom. The van der Waals surface area contributed by atoms with E-state index in [1.54, 1.807) is 17.4 Å². The Labute approximate surface area is 119 Å². The van der Waals surface area contributed by atoms with E-state index in [1.165, 1.54) is 11.6 Å². The Morgan fingerprint density at radius 2 is 2.22 bits per heavy atom. The summed E-state index contributed by atoms with van der Waals surface area (Å²) >= 11 is 5.00. The molecule has 0 amide bonds. The molecule has 0 spiro atoms. The average Bonchev–Trinajstić information content (AvgIpc) is 2.88. The van der Waals surface area contributed by atoms with E-state index in [2.05, 4.69) is 39.6 Å². The molecule has 0 aliphatic rings. The zero-order chi connectivity index (χ0) is 13.0. The van der Waals surface area contributed by atoms with Gasteiger partial charge in [-0.3, -0.25) is 0 Å². The second-order valence-electron chi connectivity index (χ2n) is 4.09. The molecule has 2 aromatic rings. The van der Waals surface area contributed by atoms with E-state index >= 15 is 0 Å². The van der Waals surface area contributed by atoms with Crippen LogP contribution in [0.3, 0.4) is 0 Å². The second kappa shape index (κ2) is 6.45. The number of nitrogens with one attached hydrogen (secondary N) is 1. The van der Waals surface area contributed by atoms with Gasteiger partial charge in [-0.2, -0.15) is 11.3 Å². The topological polar surface area (TPSA) is 12.0 Å². The molecule has 0 saturated carbocycles. The van der Waals surface area contributed by atoms with Crippen LogP contribution in [0.5, 0.6) is 0 Å². The van der Waals surface area contributed by atoms with E-state index in [0.717, 1.165) is 18.5 Å². The molecule has 18 heavy (non-hydrogen) atoms. The molecule has 0 aliphatic heterocycles. The van der Waals surface area contributed by atoms with Crippen LogP contribution in [0.15, 0.2) is 39.5 Å². The van der Waals surface area contributed by atoms with Crippen LogP contribution in [-0.2, 0) is 0 Å². The molecule has 0 aliphatic carbocycles. The summed E-state index contributed by atoms with van der Waals surface area (Å²) in [6, 6.07) is 7.30. The standard InChI is InChI=1S/C14H15BrFNS/c1-2-7-17-14(10-6-8-18-9-10)11-4-3-5-12(16)13(11)15/h3-6,8-9,14,17H,2,7H2,1H3. The largest absolute Gasteiger partial charge is 0.306 e. The predicted molar refractivity (Wildman–Crippen MR) is 78.6 cm³/mol. The van der Waals surface area contributed by atoms with Crippen molar-refractivity contribution in [1.82, 2.24) is 5.32 Å². The normalized spacial score (nSPS) is 12.6. The molecule has 1 aromatic carbocycles. The summed E-state index contributed by atoms with van der Waals surface area (Å²) < 4.78 is 14.2. The van der Waals surface area contributed by atoms with E-state index in [1.807, 2.05) is 11.4 Å². The number of hydrogen-bond acceptors (Lipinski definition) is 2. The van der Waals surface area contributed by atoms with Gasteiger partial charge in [0.15, 0.2) is 0 Å². The zero-order valence-corrected chi connectivity index (χ0v) is 12.5. The molecule has 0 saturated heterocycles. The molecule has 0 radical (unpaired) electrons. The van der Waals surface area contributed by atoms with Gasteiger partial charge in [0, 0.05) is 0 Å². The van der Waals surface area contributed by atoms with E-state index < -0.39 is 0 Å². The van der Waals surface area contributed by atoms with Crippen LogP contribution < -0.4 is 5.32 Å². The summed E-state index contributed by atoms with van der Waals surface area (Å²) in [4.78, 5) is 0. The van der Waals surface area contributed by atoms with Crippen molar-refractivity contribution < 1.29 is 4.39 Å². The number of hydrogen-bond donors (Lipinski definition) is 1. The van der Waals surface area contributed by atoms with Crippen LogP contribution in [0.4, 0.5) is 4.39 Å². The van der Waals surface area contributed by atoms with Crippen molar-refractivity contribution >= 4 is 27.3 Å². The van der Waals surface area contributed by atoms with Crippen molar-refractivity contribution in [2.24, 2.45) is 0 Å². The third kappa shape index (κ3) is 2.99. The summed E-state index contributed by atoms with van der Waals surface area (Å²) in [5.41, 5.74) is 2.13. The van der Waals surface area contributed by atoms with Crippen LogP contribution in [0.2, 0.25) is 0 Å². The molecular weight excluding hydrogens is 313 g/mol. The first-order valence-electron chi connectivity index (χ1n) is 5.93. The van der Waals surface area contributed by atoms with Gasteiger partial charge in [-0.15, -0.1) is 0 Å². The minimum atomic E-state index is -0.217. The molecule has 1 aromatic heterocycles. The molecule has 1 atom stereocenters. The first-order chi connectivity index (χ1) is 8.74. The number of benzene rings is 1. The fourth-order valence-corrected chi connectivity index (χ4v) is 3.06. The molecule has 1 heterocycles. The Kier molecular flexibility index (Phi) is 4.92. The molecule has 0 fully saturated rings. The number of thiophene rings is 1. The van der Waals surface area contributed by atoms with Crippen molar-refractivity contribution in [1.29, 1.82) is 0 Å². The number of halogens is 2. The van der Waals surface area contributed by atoms with Gasteiger partial charge in [0.1, 0.15) is 5.82 Å². The van der Waals surface area contributed by atoms with Crippen molar-refractivity contribution in [2.45, 2.75) is 19.4 Å². The lowest BCUT2D eigenvalue weighted by Gasteiger charge is -2.19. The van der Waals surface area contributed by atoms with Gasteiger partial charge in [0.25, 0.3) is 0 Å². The predicted octanol–water partition coefficient (Wildman–Crippen LogP) is 4.74. The van der Waals surface area contributed by atoms with Crippen LogP contribution in [0.1, 0.15) is 30.5 Å². The van der Waals surface area contributed by atoms with Gasteiger partial charge in [-0.1, -0.05) is 19.1 Å². The van der Waals surface area contributed by atoms with Crippen molar-refractivity contribution in [2.75, 3.05) is 6.54 Å². The van der Waals surface area contributed by atoms with Crippen LogP contribution in [0, 0.1) is 5.82 Å².